The molecule has 0 N–H and O–H groups in total. The van der Waals surface area contributed by atoms with Crippen molar-refractivity contribution >= 4 is 0 Å². The molecule has 0 unspecified atom stereocenters. The highest BCUT2D eigenvalue weighted by Crippen LogP contribution is 2.34. The Kier molecular flexibility index (Phi) is 2.83. The number of furan rings is 1. The van der Waals surface area contributed by atoms with E-state index in [1.54, 1.807) is 31.2 Å². The summed E-state index contributed by atoms with van der Waals surface area (Å²) in [6, 6.07) is 7.60. The lowest BCUT2D eigenvalue weighted by Crippen LogP contribution is -2.17. The summed E-state index contributed by atoms with van der Waals surface area (Å²) in [6.07, 6.45) is -3.31. The molecule has 0 aliphatic heterocycles. The molecule has 1 heterocycles. The summed E-state index contributed by atoms with van der Waals surface area (Å²) in [5.41, 5.74) is 1.11. The van der Waals surface area contributed by atoms with Crippen molar-refractivity contribution in [1.82, 2.24) is 0 Å². The van der Waals surface area contributed by atoms with Crippen LogP contribution in [-0.2, 0) is 0 Å². The Hall–Kier alpha value is -1.91. The van der Waals surface area contributed by atoms with Crippen LogP contribution in [0.3, 0.4) is 0 Å². The Balaban J connectivity index is 2.45. The number of rotatable bonds is 2. The molecule has 17 heavy (non-hydrogen) atoms. The molecule has 0 spiro atoms. The topological polar surface area (TPSA) is 22.4 Å². The van der Waals surface area contributed by atoms with Gasteiger partial charge in [0.25, 0.3) is 0 Å². The molecule has 0 aliphatic carbocycles. The van der Waals surface area contributed by atoms with E-state index in [4.69, 9.17) is 4.42 Å². The Bertz CT molecular complexity index is 501. The third kappa shape index (κ3) is 2.81. The van der Waals surface area contributed by atoms with Gasteiger partial charge in [0, 0.05) is 0 Å². The van der Waals surface area contributed by atoms with Gasteiger partial charge in [-0.2, -0.15) is 0 Å². The Morgan fingerprint density at radius 1 is 1.18 bits per heavy atom. The Morgan fingerprint density at radius 3 is 2.53 bits per heavy atom. The number of alkyl halides is 3. The predicted octanol–water partition coefficient (Wildman–Crippen LogP) is 4.15. The molecule has 0 amide bonds. The van der Waals surface area contributed by atoms with Crippen LogP contribution >= 0.6 is 0 Å². The predicted molar refractivity (Wildman–Crippen MR) is 55.6 cm³/mol. The molecular formula is C12H9F3O2. The van der Waals surface area contributed by atoms with E-state index in [2.05, 4.69) is 4.74 Å². The van der Waals surface area contributed by atoms with E-state index in [9.17, 15) is 13.2 Å². The molecule has 0 aliphatic rings. The van der Waals surface area contributed by atoms with E-state index in [0.29, 0.717) is 5.76 Å². The summed E-state index contributed by atoms with van der Waals surface area (Å²) < 4.78 is 45.7. The van der Waals surface area contributed by atoms with E-state index in [1.165, 1.54) is 12.3 Å². The van der Waals surface area contributed by atoms with Crippen LogP contribution in [0.15, 0.2) is 41.0 Å². The molecule has 5 heteroatoms. The van der Waals surface area contributed by atoms with Gasteiger partial charge < -0.3 is 9.15 Å². The van der Waals surface area contributed by atoms with E-state index in [-0.39, 0.29) is 11.3 Å². The fraction of sp³-hybridized carbons (Fsp3) is 0.167. The highest BCUT2D eigenvalue weighted by Gasteiger charge is 2.32. The standard InChI is InChI=1S/C12H9F3O2/c1-8-4-5-11(17-12(13,14)15)9(7-8)10-3-2-6-16-10/h2-7H,1H3. The van der Waals surface area contributed by atoms with Crippen LogP contribution in [0.4, 0.5) is 13.2 Å². The molecule has 0 saturated carbocycles. The molecule has 0 atom stereocenters. The third-order valence-corrected chi connectivity index (χ3v) is 2.15. The summed E-state index contributed by atoms with van der Waals surface area (Å²) in [7, 11) is 0. The maximum Gasteiger partial charge on any atom is 0.573 e. The van der Waals surface area contributed by atoms with Gasteiger partial charge >= 0.3 is 6.36 Å². The highest BCUT2D eigenvalue weighted by molar-refractivity contribution is 5.66. The van der Waals surface area contributed by atoms with Gasteiger partial charge in [-0.1, -0.05) is 11.6 Å². The van der Waals surface area contributed by atoms with Crippen LogP contribution in [0.2, 0.25) is 0 Å². The minimum atomic E-state index is -4.71. The first-order chi connectivity index (χ1) is 7.96. The summed E-state index contributed by atoms with van der Waals surface area (Å²) >= 11 is 0. The second kappa shape index (κ2) is 4.16. The van der Waals surface area contributed by atoms with Crippen LogP contribution < -0.4 is 4.74 Å². The van der Waals surface area contributed by atoms with Crippen LogP contribution in [0.1, 0.15) is 5.56 Å². The van der Waals surface area contributed by atoms with Crippen LogP contribution in [-0.4, -0.2) is 6.36 Å². The van der Waals surface area contributed by atoms with Crippen molar-refractivity contribution in [2.75, 3.05) is 0 Å². The maximum absolute atomic E-state index is 12.2. The SMILES string of the molecule is Cc1ccc(OC(F)(F)F)c(-c2ccco2)c1. The minimum Gasteiger partial charge on any atom is -0.464 e. The second-order valence-corrected chi connectivity index (χ2v) is 3.52. The number of aryl methyl sites for hydroxylation is 1. The summed E-state index contributed by atoms with van der Waals surface area (Å²) in [6.45, 7) is 1.78. The first-order valence-electron chi connectivity index (χ1n) is 4.86. The molecule has 2 rings (SSSR count). The van der Waals surface area contributed by atoms with E-state index >= 15 is 0 Å². The molecule has 0 saturated heterocycles. The quantitative estimate of drug-likeness (QED) is 0.789. The second-order valence-electron chi connectivity index (χ2n) is 3.52. The van der Waals surface area contributed by atoms with Crippen molar-refractivity contribution in [3.63, 3.8) is 0 Å². The molecule has 2 aromatic rings. The van der Waals surface area contributed by atoms with E-state index in [1.807, 2.05) is 0 Å². The normalized spacial score (nSPS) is 11.5. The monoisotopic (exact) mass is 242 g/mol. The average Bonchev–Trinajstić information content (AvgIpc) is 2.71. The van der Waals surface area contributed by atoms with E-state index in [0.717, 1.165) is 5.56 Å². The molecule has 0 bridgehead atoms. The first-order valence-corrected chi connectivity index (χ1v) is 4.86. The van der Waals surface area contributed by atoms with Crippen molar-refractivity contribution in [3.8, 4) is 17.1 Å². The molecule has 90 valence electrons. The van der Waals surface area contributed by atoms with Crippen LogP contribution in [0, 0.1) is 6.92 Å². The molecule has 0 radical (unpaired) electrons. The van der Waals surface area contributed by atoms with Crippen molar-refractivity contribution < 1.29 is 22.3 Å². The summed E-state index contributed by atoms with van der Waals surface area (Å²) in [5.74, 6) is 0.0750. The minimum absolute atomic E-state index is 0.266. The molecular weight excluding hydrogens is 233 g/mol. The van der Waals surface area contributed by atoms with Crippen molar-refractivity contribution in [2.24, 2.45) is 0 Å². The average molecular weight is 242 g/mol. The van der Waals surface area contributed by atoms with Crippen LogP contribution in [0.5, 0.6) is 5.75 Å². The van der Waals surface area contributed by atoms with Gasteiger partial charge in [-0.25, -0.2) is 0 Å². The Morgan fingerprint density at radius 2 is 1.94 bits per heavy atom. The number of hydrogen-bond donors (Lipinski definition) is 0. The van der Waals surface area contributed by atoms with Gasteiger partial charge in [-0.3, -0.25) is 0 Å². The largest absolute Gasteiger partial charge is 0.573 e. The fourth-order valence-electron chi connectivity index (χ4n) is 1.48. The number of hydrogen-bond acceptors (Lipinski definition) is 2. The Labute approximate surface area is 95.6 Å². The lowest BCUT2D eigenvalue weighted by Gasteiger charge is -2.12. The summed E-state index contributed by atoms with van der Waals surface area (Å²) in [5, 5.41) is 0. The molecule has 2 nitrogen and oxygen atoms in total. The van der Waals surface area contributed by atoms with Gasteiger partial charge in [0.2, 0.25) is 0 Å². The first kappa shape index (κ1) is 11.6. The third-order valence-electron chi connectivity index (χ3n) is 2.15. The zero-order valence-corrected chi connectivity index (χ0v) is 8.91. The van der Waals surface area contributed by atoms with E-state index < -0.39 is 6.36 Å². The molecule has 1 aromatic carbocycles. The number of halogens is 3. The lowest BCUT2D eigenvalue weighted by molar-refractivity contribution is -0.274. The highest BCUT2D eigenvalue weighted by atomic mass is 19.4. The summed E-state index contributed by atoms with van der Waals surface area (Å²) in [4.78, 5) is 0. The van der Waals surface area contributed by atoms with Crippen molar-refractivity contribution in [3.05, 3.63) is 42.2 Å². The maximum atomic E-state index is 12.2. The van der Waals surface area contributed by atoms with Gasteiger partial charge in [-0.15, -0.1) is 13.2 Å². The zero-order valence-electron chi connectivity index (χ0n) is 8.91. The zero-order chi connectivity index (χ0) is 12.5. The van der Waals surface area contributed by atoms with Gasteiger partial charge in [-0.05, 0) is 31.2 Å². The number of ether oxygens (including phenoxy) is 1. The van der Waals surface area contributed by atoms with Gasteiger partial charge in [0.15, 0.2) is 0 Å². The van der Waals surface area contributed by atoms with Crippen LogP contribution in [0.25, 0.3) is 11.3 Å². The molecule has 1 aromatic heterocycles. The van der Waals surface area contributed by atoms with Gasteiger partial charge in [0.05, 0.1) is 11.8 Å². The number of benzene rings is 1. The smallest absolute Gasteiger partial charge is 0.464 e. The van der Waals surface area contributed by atoms with Crippen molar-refractivity contribution in [1.29, 1.82) is 0 Å². The fourth-order valence-corrected chi connectivity index (χ4v) is 1.48. The van der Waals surface area contributed by atoms with Crippen molar-refractivity contribution in [2.45, 2.75) is 13.3 Å². The lowest BCUT2D eigenvalue weighted by atomic mass is 10.1. The molecule has 0 fully saturated rings. The van der Waals surface area contributed by atoms with Gasteiger partial charge in [0.1, 0.15) is 11.5 Å².